The summed E-state index contributed by atoms with van der Waals surface area (Å²) in [5, 5.41) is 77.5. The third-order valence-corrected chi connectivity index (χ3v) is 9.33. The molecule has 2 aliphatic carbocycles. The number of phenolic OH excluding ortho intramolecular Hbond substituents is 2. The fraction of sp³-hybridized carbons (Fsp3) is 0.375. The number of carbonyl (C=O) groups excluding carboxylic acids is 4. The van der Waals surface area contributed by atoms with Gasteiger partial charge in [-0.1, -0.05) is 6.92 Å². The van der Waals surface area contributed by atoms with E-state index in [0.29, 0.717) is 0 Å². The van der Waals surface area contributed by atoms with Gasteiger partial charge >= 0.3 is 11.9 Å². The molecule has 2 heterocycles. The van der Waals surface area contributed by atoms with Crippen LogP contribution in [0, 0.1) is 11.8 Å². The van der Waals surface area contributed by atoms with Gasteiger partial charge in [-0.05, 0) is 30.2 Å². The minimum absolute atomic E-state index is 0.163. The van der Waals surface area contributed by atoms with Gasteiger partial charge in [0.2, 0.25) is 0 Å². The number of Topliss-reactive ketones (excluding diaryl/α,β-unsaturated/α-hetero) is 2. The van der Waals surface area contributed by atoms with Crippen molar-refractivity contribution >= 4 is 35.0 Å². The summed E-state index contributed by atoms with van der Waals surface area (Å²) in [5.74, 6) is -10.2. The summed E-state index contributed by atoms with van der Waals surface area (Å²) >= 11 is 0. The first kappa shape index (κ1) is 31.8. The molecule has 2 aromatic carbocycles. The molecule has 47 heavy (non-hydrogen) atoms. The van der Waals surface area contributed by atoms with Gasteiger partial charge in [-0.2, -0.15) is 0 Å². The summed E-state index contributed by atoms with van der Waals surface area (Å²) < 4.78 is 21.7. The average Bonchev–Trinajstić information content (AvgIpc) is 3.04. The van der Waals surface area contributed by atoms with Gasteiger partial charge in [0.1, 0.15) is 57.9 Å². The Kier molecular flexibility index (Phi) is 7.26. The van der Waals surface area contributed by atoms with E-state index in [2.05, 4.69) is 0 Å². The van der Waals surface area contributed by atoms with Gasteiger partial charge in [0.25, 0.3) is 11.2 Å². The molecule has 15 heteroatoms. The van der Waals surface area contributed by atoms with Crippen molar-refractivity contribution in [1.29, 1.82) is 0 Å². The van der Waals surface area contributed by atoms with Crippen molar-refractivity contribution in [2.24, 2.45) is 11.8 Å². The van der Waals surface area contributed by atoms with E-state index in [1.165, 1.54) is 25.1 Å². The summed E-state index contributed by atoms with van der Waals surface area (Å²) in [6.45, 7) is 0.756. The Labute approximate surface area is 265 Å². The molecule has 6 rings (SSSR count). The molecule has 6 atom stereocenters. The molecule has 0 aromatic heterocycles. The van der Waals surface area contributed by atoms with Gasteiger partial charge in [-0.15, -0.1) is 0 Å². The molecule has 0 bridgehead atoms. The number of aliphatic hydroxyl groups excluding tert-OH is 5. The molecular weight excluding hydrogens is 624 g/mol. The Morgan fingerprint density at radius 3 is 1.96 bits per heavy atom. The lowest BCUT2D eigenvalue weighted by Crippen LogP contribution is -2.65. The molecule has 15 nitrogen and oxygen atoms in total. The number of carbonyl (C=O) groups is 4. The number of esters is 2. The minimum atomic E-state index is -2.71. The highest BCUT2D eigenvalue weighted by Crippen LogP contribution is 2.56. The summed E-state index contributed by atoms with van der Waals surface area (Å²) in [7, 11) is 1.95. The van der Waals surface area contributed by atoms with Crippen LogP contribution >= 0.6 is 0 Å². The summed E-state index contributed by atoms with van der Waals surface area (Å²) in [6.07, 6.45) is -4.33. The molecule has 0 unspecified atom stereocenters. The van der Waals surface area contributed by atoms with E-state index in [1.807, 2.05) is 0 Å². The van der Waals surface area contributed by atoms with Gasteiger partial charge in [0, 0.05) is 36.5 Å². The number of rotatable bonds is 4. The highest BCUT2D eigenvalue weighted by atomic mass is 16.6. The first-order chi connectivity index (χ1) is 22.2. The van der Waals surface area contributed by atoms with Crippen LogP contribution in [-0.2, 0) is 28.7 Å². The predicted molar refractivity (Wildman–Crippen MR) is 156 cm³/mol. The van der Waals surface area contributed by atoms with Crippen LogP contribution in [0.3, 0.4) is 0 Å². The molecule has 0 radical (unpaired) electrons. The van der Waals surface area contributed by atoms with Crippen molar-refractivity contribution in [2.45, 2.75) is 43.2 Å². The van der Waals surface area contributed by atoms with Crippen LogP contribution < -0.4 is 9.47 Å². The second-order valence-electron chi connectivity index (χ2n) is 11.8. The van der Waals surface area contributed by atoms with Crippen LogP contribution in [0.1, 0.15) is 30.9 Å². The number of methoxy groups -OCH3 is 2. The van der Waals surface area contributed by atoms with Crippen LogP contribution in [0.2, 0.25) is 0 Å². The third kappa shape index (κ3) is 3.96. The number of ether oxygens (including phenoxy) is 4. The quantitative estimate of drug-likeness (QED) is 0.226. The van der Waals surface area contributed by atoms with Crippen LogP contribution in [0.25, 0.3) is 22.6 Å². The van der Waals surface area contributed by atoms with Gasteiger partial charge in [0.15, 0.2) is 11.6 Å². The topological polar surface area (TPSA) is 247 Å². The maximum Gasteiger partial charge on any atom is 0.358 e. The molecule has 2 saturated carbocycles. The van der Waals surface area contributed by atoms with Crippen molar-refractivity contribution in [3.05, 3.63) is 46.5 Å². The third-order valence-electron chi connectivity index (χ3n) is 9.33. The molecule has 0 saturated heterocycles. The van der Waals surface area contributed by atoms with E-state index in [0.717, 1.165) is 20.3 Å². The van der Waals surface area contributed by atoms with E-state index >= 15 is 0 Å². The lowest BCUT2D eigenvalue weighted by Gasteiger charge is -2.46. The molecule has 4 aliphatic rings. The number of hydrogen-bond donors (Lipinski definition) is 7. The average molecular weight is 655 g/mol. The van der Waals surface area contributed by atoms with E-state index in [9.17, 15) is 54.9 Å². The first-order valence-electron chi connectivity index (χ1n) is 14.4. The van der Waals surface area contributed by atoms with Crippen LogP contribution in [0.4, 0.5) is 0 Å². The number of aliphatic hydroxyl groups is 5. The standard InChI is InChI=1S/C32H30O15/c1-11-8-16(35)21-25(39)20-18(46-31(21,27(11)40)29(42)44-2)7-5-13(23(20)37)14-4-6-15(34)19-24(38)22-17(36)9-12(10-33)28(41)32(22,30(43)45-3)47-26(14)19/h4-7,11-12,27-28,33-34,37-41H,8-10H2,1-3H3/t11-,12+,27+,28+,31+,32+/m0/s1. The monoisotopic (exact) mass is 654 g/mol. The van der Waals surface area contributed by atoms with E-state index in [1.54, 1.807) is 0 Å². The van der Waals surface area contributed by atoms with E-state index in [-0.39, 0.29) is 23.3 Å². The summed E-state index contributed by atoms with van der Waals surface area (Å²) in [6, 6.07) is 4.69. The van der Waals surface area contributed by atoms with Crippen LogP contribution in [0.15, 0.2) is 35.4 Å². The lowest BCUT2D eigenvalue weighted by atomic mass is 9.69. The number of benzene rings is 2. The molecule has 7 N–H and O–H groups in total. The zero-order valence-corrected chi connectivity index (χ0v) is 25.1. The van der Waals surface area contributed by atoms with Crippen molar-refractivity contribution in [3.63, 3.8) is 0 Å². The van der Waals surface area contributed by atoms with E-state index < -0.39 is 123 Å². The number of aromatic hydroxyl groups is 2. The number of fused-ring (bicyclic) bond motifs is 4. The maximum atomic E-state index is 13.3. The fourth-order valence-electron chi connectivity index (χ4n) is 7.04. The largest absolute Gasteiger partial charge is 0.507 e. The normalized spacial score (nSPS) is 29.5. The van der Waals surface area contributed by atoms with Crippen molar-refractivity contribution in [2.75, 3.05) is 20.8 Å². The summed E-state index contributed by atoms with van der Waals surface area (Å²) in [4.78, 5) is 52.8. The summed E-state index contributed by atoms with van der Waals surface area (Å²) in [5.41, 5.74) is -7.85. The van der Waals surface area contributed by atoms with Crippen molar-refractivity contribution < 1.29 is 73.9 Å². The molecule has 0 amide bonds. The van der Waals surface area contributed by atoms with Gasteiger partial charge < -0.3 is 54.7 Å². The van der Waals surface area contributed by atoms with Crippen molar-refractivity contribution in [3.8, 4) is 34.1 Å². The predicted octanol–water partition coefficient (Wildman–Crippen LogP) is 0.823. The first-order valence-corrected chi connectivity index (χ1v) is 14.4. The molecule has 2 fully saturated rings. The molecular formula is C32H30O15. The Morgan fingerprint density at radius 2 is 1.36 bits per heavy atom. The number of phenols is 2. The SMILES string of the molecule is COC(=O)[C@@]12Oc3c(-c4ccc5c(c4O)C(O)=C4C(=O)C[C@H](C)[C@@H](O)[C@]4(C(=O)OC)O5)ccc(O)c3C(O)=C1C(=O)C[C@H](CO)[C@H]2O. The fourth-order valence-corrected chi connectivity index (χ4v) is 7.04. The zero-order chi connectivity index (χ0) is 34.3. The Balaban J connectivity index is 1.61. The molecule has 2 aliphatic heterocycles. The Bertz CT molecular complexity index is 1840. The number of ketones is 2. The van der Waals surface area contributed by atoms with Crippen LogP contribution in [0.5, 0.6) is 23.0 Å². The lowest BCUT2D eigenvalue weighted by molar-refractivity contribution is -0.175. The highest BCUT2D eigenvalue weighted by Gasteiger charge is 2.65. The zero-order valence-electron chi connectivity index (χ0n) is 25.1. The van der Waals surface area contributed by atoms with E-state index in [4.69, 9.17) is 18.9 Å². The molecule has 0 spiro atoms. The smallest absolute Gasteiger partial charge is 0.358 e. The van der Waals surface area contributed by atoms with Crippen molar-refractivity contribution in [1.82, 2.24) is 0 Å². The second kappa shape index (κ2) is 10.7. The maximum absolute atomic E-state index is 13.3. The van der Waals surface area contributed by atoms with Gasteiger partial charge in [-0.25, -0.2) is 9.59 Å². The second-order valence-corrected chi connectivity index (χ2v) is 11.8. The molecule has 2 aromatic rings. The Morgan fingerprint density at radius 1 is 0.809 bits per heavy atom. The van der Waals surface area contributed by atoms with Gasteiger partial charge in [-0.3, -0.25) is 9.59 Å². The van der Waals surface area contributed by atoms with Gasteiger partial charge in [0.05, 0.1) is 25.4 Å². The minimum Gasteiger partial charge on any atom is -0.507 e. The Hall–Kier alpha value is -5.12. The molecule has 248 valence electrons. The van der Waals surface area contributed by atoms with Crippen LogP contribution in [-0.4, -0.2) is 103 Å². The number of hydrogen-bond acceptors (Lipinski definition) is 15. The highest BCUT2D eigenvalue weighted by molar-refractivity contribution is 6.14.